The molecule has 0 spiro atoms. The Morgan fingerprint density at radius 3 is 2.89 bits per heavy atom. The van der Waals surface area contributed by atoms with Gasteiger partial charge >= 0.3 is 0 Å². The van der Waals surface area contributed by atoms with Crippen molar-refractivity contribution in [3.05, 3.63) is 17.5 Å². The molecule has 1 heterocycles. The Labute approximate surface area is 62.4 Å². The highest BCUT2D eigenvalue weighted by molar-refractivity contribution is 9.08. The molecule has 0 atom stereocenters. The smallest absolute Gasteiger partial charge is 0.136 e. The molecule has 0 bridgehead atoms. The fraction of sp³-hybridized carbons (Fsp3) is 0.500. The number of aromatic nitrogens is 1. The predicted octanol–water partition coefficient (Wildman–Crippen LogP) is 2.13. The molecule has 0 radical (unpaired) electrons. The van der Waals surface area contributed by atoms with Gasteiger partial charge in [0.2, 0.25) is 0 Å². The lowest BCUT2D eigenvalue weighted by molar-refractivity contribution is 0.382. The summed E-state index contributed by atoms with van der Waals surface area (Å²) in [7, 11) is 0. The zero-order valence-corrected chi connectivity index (χ0v) is 6.81. The molecular formula is C6H8BrNO. The number of alkyl halides is 1. The van der Waals surface area contributed by atoms with E-state index in [-0.39, 0.29) is 0 Å². The molecule has 0 aromatic carbocycles. The van der Waals surface area contributed by atoms with Crippen LogP contribution in [0.25, 0.3) is 0 Å². The minimum Gasteiger partial charge on any atom is -0.361 e. The summed E-state index contributed by atoms with van der Waals surface area (Å²) >= 11 is 3.28. The van der Waals surface area contributed by atoms with Crippen LogP contribution in [-0.2, 0) is 11.8 Å². The van der Waals surface area contributed by atoms with E-state index in [1.54, 1.807) is 0 Å². The van der Waals surface area contributed by atoms with Crippen LogP contribution in [0, 0.1) is 0 Å². The van der Waals surface area contributed by atoms with Gasteiger partial charge in [-0.2, -0.15) is 0 Å². The van der Waals surface area contributed by atoms with Gasteiger partial charge in [-0.15, -0.1) is 0 Å². The van der Waals surface area contributed by atoms with Gasteiger partial charge in [0.15, 0.2) is 0 Å². The quantitative estimate of drug-likeness (QED) is 0.667. The highest BCUT2D eigenvalue weighted by Gasteiger charge is 1.97. The predicted molar refractivity (Wildman–Crippen MR) is 38.5 cm³/mol. The van der Waals surface area contributed by atoms with E-state index in [9.17, 15) is 0 Å². The van der Waals surface area contributed by atoms with Crippen molar-refractivity contribution in [3.63, 3.8) is 0 Å². The van der Waals surface area contributed by atoms with E-state index in [0.717, 1.165) is 23.2 Å². The fourth-order valence-corrected chi connectivity index (χ4v) is 0.850. The van der Waals surface area contributed by atoms with Gasteiger partial charge in [-0.25, -0.2) is 0 Å². The van der Waals surface area contributed by atoms with E-state index in [2.05, 4.69) is 21.1 Å². The summed E-state index contributed by atoms with van der Waals surface area (Å²) in [6, 6.07) is 1.95. The highest BCUT2D eigenvalue weighted by atomic mass is 79.9. The van der Waals surface area contributed by atoms with Crippen LogP contribution in [0.15, 0.2) is 10.6 Å². The van der Waals surface area contributed by atoms with Crippen LogP contribution in [-0.4, -0.2) is 5.16 Å². The molecule has 0 aliphatic heterocycles. The summed E-state index contributed by atoms with van der Waals surface area (Å²) in [4.78, 5) is 0. The first-order valence-corrected chi connectivity index (χ1v) is 3.99. The van der Waals surface area contributed by atoms with Crippen LogP contribution < -0.4 is 0 Å². The zero-order chi connectivity index (χ0) is 6.69. The van der Waals surface area contributed by atoms with E-state index < -0.39 is 0 Å². The molecule has 0 unspecified atom stereocenters. The molecular weight excluding hydrogens is 182 g/mol. The van der Waals surface area contributed by atoms with E-state index in [0.29, 0.717) is 0 Å². The van der Waals surface area contributed by atoms with E-state index in [1.165, 1.54) is 0 Å². The van der Waals surface area contributed by atoms with Gasteiger partial charge in [-0.1, -0.05) is 28.0 Å². The standard InChI is InChI=1S/C6H8BrNO/c1-2-6-3-5(4-7)8-9-6/h3H,2,4H2,1H3. The maximum absolute atomic E-state index is 4.92. The second-order valence-corrected chi connectivity index (χ2v) is 2.33. The molecule has 0 amide bonds. The maximum Gasteiger partial charge on any atom is 0.136 e. The molecule has 0 saturated carbocycles. The zero-order valence-electron chi connectivity index (χ0n) is 5.22. The van der Waals surface area contributed by atoms with Crippen molar-refractivity contribution in [2.75, 3.05) is 0 Å². The van der Waals surface area contributed by atoms with Gasteiger partial charge in [0, 0.05) is 17.8 Å². The van der Waals surface area contributed by atoms with E-state index >= 15 is 0 Å². The Balaban J connectivity index is 2.74. The average Bonchev–Trinajstić information content (AvgIpc) is 2.34. The van der Waals surface area contributed by atoms with Crippen molar-refractivity contribution in [1.82, 2.24) is 5.16 Å². The molecule has 1 aromatic rings. The molecule has 50 valence electrons. The topological polar surface area (TPSA) is 26.0 Å². The van der Waals surface area contributed by atoms with Gasteiger partial charge in [0.25, 0.3) is 0 Å². The second-order valence-electron chi connectivity index (χ2n) is 1.77. The minimum atomic E-state index is 0.774. The molecule has 0 fully saturated rings. The Morgan fingerprint density at radius 2 is 2.56 bits per heavy atom. The Kier molecular flexibility index (Phi) is 2.28. The average molecular weight is 190 g/mol. The lowest BCUT2D eigenvalue weighted by atomic mass is 10.3. The monoisotopic (exact) mass is 189 g/mol. The summed E-state index contributed by atoms with van der Waals surface area (Å²) in [5, 5.41) is 4.56. The molecule has 0 N–H and O–H groups in total. The van der Waals surface area contributed by atoms with E-state index in [1.807, 2.05) is 13.0 Å². The first-order valence-electron chi connectivity index (χ1n) is 2.87. The van der Waals surface area contributed by atoms with Crippen LogP contribution in [0.1, 0.15) is 18.4 Å². The van der Waals surface area contributed by atoms with Crippen LogP contribution in [0.5, 0.6) is 0 Å². The third kappa shape index (κ3) is 1.55. The van der Waals surface area contributed by atoms with Crippen LogP contribution in [0.4, 0.5) is 0 Å². The van der Waals surface area contributed by atoms with Crippen molar-refractivity contribution in [3.8, 4) is 0 Å². The van der Waals surface area contributed by atoms with Crippen LogP contribution >= 0.6 is 15.9 Å². The van der Waals surface area contributed by atoms with Crippen molar-refractivity contribution < 1.29 is 4.52 Å². The lowest BCUT2D eigenvalue weighted by Gasteiger charge is -1.77. The van der Waals surface area contributed by atoms with Gasteiger partial charge in [-0.05, 0) is 0 Å². The summed E-state index contributed by atoms with van der Waals surface area (Å²) in [5.41, 5.74) is 0.965. The fourth-order valence-electron chi connectivity index (χ4n) is 0.585. The molecule has 3 heteroatoms. The SMILES string of the molecule is CCc1cc(CBr)no1. The first kappa shape index (κ1) is 6.81. The summed E-state index contributed by atoms with van der Waals surface area (Å²) in [6.07, 6.45) is 0.917. The van der Waals surface area contributed by atoms with E-state index in [4.69, 9.17) is 4.52 Å². The van der Waals surface area contributed by atoms with Crippen molar-refractivity contribution in [2.24, 2.45) is 0 Å². The number of nitrogens with zero attached hydrogens (tertiary/aromatic N) is 1. The van der Waals surface area contributed by atoms with Crippen molar-refractivity contribution in [2.45, 2.75) is 18.7 Å². The Hall–Kier alpha value is -0.310. The van der Waals surface area contributed by atoms with Crippen LogP contribution in [0.2, 0.25) is 0 Å². The minimum absolute atomic E-state index is 0.774. The third-order valence-corrected chi connectivity index (χ3v) is 1.67. The van der Waals surface area contributed by atoms with Crippen LogP contribution in [0.3, 0.4) is 0 Å². The number of rotatable bonds is 2. The van der Waals surface area contributed by atoms with Crippen molar-refractivity contribution >= 4 is 15.9 Å². The molecule has 0 aliphatic carbocycles. The third-order valence-electron chi connectivity index (χ3n) is 1.09. The molecule has 0 aliphatic rings. The molecule has 9 heavy (non-hydrogen) atoms. The molecule has 0 saturated heterocycles. The summed E-state index contributed by atoms with van der Waals surface area (Å²) in [6.45, 7) is 2.04. The lowest BCUT2D eigenvalue weighted by Crippen LogP contribution is -1.71. The first-order chi connectivity index (χ1) is 4.36. The number of hydrogen-bond acceptors (Lipinski definition) is 2. The number of hydrogen-bond donors (Lipinski definition) is 0. The van der Waals surface area contributed by atoms with Gasteiger partial charge in [0.05, 0.1) is 5.69 Å². The summed E-state index contributed by atoms with van der Waals surface area (Å²) in [5.74, 6) is 0.949. The number of aryl methyl sites for hydroxylation is 1. The molecule has 1 rings (SSSR count). The highest BCUT2D eigenvalue weighted by Crippen LogP contribution is 2.06. The molecule has 2 nitrogen and oxygen atoms in total. The normalized spacial score (nSPS) is 10.0. The van der Waals surface area contributed by atoms with Gasteiger partial charge in [-0.3, -0.25) is 0 Å². The van der Waals surface area contributed by atoms with Crippen molar-refractivity contribution in [1.29, 1.82) is 0 Å². The number of halogens is 1. The Bertz CT molecular complexity index is 166. The largest absolute Gasteiger partial charge is 0.361 e. The second kappa shape index (κ2) is 3.01. The van der Waals surface area contributed by atoms with Gasteiger partial charge < -0.3 is 4.52 Å². The molecule has 1 aromatic heterocycles. The maximum atomic E-state index is 4.92. The summed E-state index contributed by atoms with van der Waals surface area (Å²) < 4.78 is 4.92. The Morgan fingerprint density at radius 1 is 1.78 bits per heavy atom. The van der Waals surface area contributed by atoms with Gasteiger partial charge in [0.1, 0.15) is 5.76 Å².